The average Bonchev–Trinajstić information content (AvgIpc) is 3.02. The van der Waals surface area contributed by atoms with Gasteiger partial charge in [0.1, 0.15) is 18.3 Å². The molecule has 0 heterocycles. The summed E-state index contributed by atoms with van der Waals surface area (Å²) in [6.07, 6.45) is 0.232. The van der Waals surface area contributed by atoms with E-state index in [1.165, 1.54) is 30.2 Å². The van der Waals surface area contributed by atoms with E-state index in [4.69, 9.17) is 16.3 Å². The summed E-state index contributed by atoms with van der Waals surface area (Å²) in [5.41, 5.74) is 3.78. The SMILES string of the molecule is COc1ccc(N(CC(=O)N(Cc2ccc(C)cc2)[C@H](Cc2ccccc2)C(=O)NC(C)C)S(=O)(=O)c2ccc(C)cc2)cc1Cl. The van der Waals surface area contributed by atoms with Crippen molar-refractivity contribution in [1.29, 1.82) is 0 Å². The molecule has 4 aromatic rings. The van der Waals surface area contributed by atoms with E-state index < -0.39 is 28.5 Å². The first-order chi connectivity index (χ1) is 21.9. The zero-order chi connectivity index (χ0) is 33.4. The van der Waals surface area contributed by atoms with Crippen LogP contribution < -0.4 is 14.4 Å². The van der Waals surface area contributed by atoms with Gasteiger partial charge in [-0.05, 0) is 69.2 Å². The number of carbonyl (C=O) groups is 2. The van der Waals surface area contributed by atoms with Crippen LogP contribution in [0.15, 0.2) is 102 Å². The van der Waals surface area contributed by atoms with Crippen molar-refractivity contribution in [3.8, 4) is 5.75 Å². The van der Waals surface area contributed by atoms with Gasteiger partial charge in [0.25, 0.3) is 10.0 Å². The molecule has 1 atom stereocenters. The van der Waals surface area contributed by atoms with Gasteiger partial charge in [-0.2, -0.15) is 0 Å². The third-order valence-electron chi connectivity index (χ3n) is 7.49. The largest absolute Gasteiger partial charge is 0.495 e. The summed E-state index contributed by atoms with van der Waals surface area (Å²) in [4.78, 5) is 29.8. The fourth-order valence-corrected chi connectivity index (χ4v) is 6.66. The van der Waals surface area contributed by atoms with Gasteiger partial charge in [-0.3, -0.25) is 13.9 Å². The lowest BCUT2D eigenvalue weighted by atomic mass is 10.0. The molecule has 0 fully saturated rings. The topological polar surface area (TPSA) is 96.0 Å². The Morgan fingerprint density at radius 1 is 0.848 bits per heavy atom. The number of nitrogens with zero attached hydrogens (tertiary/aromatic N) is 2. The Bertz CT molecular complexity index is 1750. The Balaban J connectivity index is 1.82. The van der Waals surface area contributed by atoms with Crippen molar-refractivity contribution in [3.05, 3.63) is 124 Å². The molecule has 0 radical (unpaired) electrons. The second kappa shape index (κ2) is 15.3. The van der Waals surface area contributed by atoms with E-state index in [0.717, 1.165) is 26.6 Å². The van der Waals surface area contributed by atoms with Crippen molar-refractivity contribution >= 4 is 39.1 Å². The molecule has 0 aliphatic heterocycles. The fourth-order valence-electron chi connectivity index (χ4n) is 5.00. The molecule has 4 rings (SSSR count). The first-order valence-electron chi connectivity index (χ1n) is 15.0. The highest BCUT2D eigenvalue weighted by atomic mass is 35.5. The monoisotopic (exact) mass is 661 g/mol. The van der Waals surface area contributed by atoms with Gasteiger partial charge < -0.3 is 15.0 Å². The van der Waals surface area contributed by atoms with Crippen LogP contribution in [0, 0.1) is 13.8 Å². The number of sulfonamides is 1. The van der Waals surface area contributed by atoms with E-state index >= 15 is 0 Å². The Morgan fingerprint density at radius 3 is 2.02 bits per heavy atom. The van der Waals surface area contributed by atoms with Crippen LogP contribution in [0.4, 0.5) is 5.69 Å². The van der Waals surface area contributed by atoms with E-state index in [-0.39, 0.29) is 40.5 Å². The minimum atomic E-state index is -4.25. The molecule has 10 heteroatoms. The van der Waals surface area contributed by atoms with Crippen LogP contribution in [0.3, 0.4) is 0 Å². The summed E-state index contributed by atoms with van der Waals surface area (Å²) in [6.45, 7) is 7.04. The number of hydrogen-bond donors (Lipinski definition) is 1. The maximum atomic E-state index is 14.5. The van der Waals surface area contributed by atoms with E-state index in [0.29, 0.717) is 5.75 Å². The second-order valence-corrected chi connectivity index (χ2v) is 13.8. The van der Waals surface area contributed by atoms with Crippen LogP contribution >= 0.6 is 11.6 Å². The third-order valence-corrected chi connectivity index (χ3v) is 9.57. The quantitative estimate of drug-likeness (QED) is 0.181. The molecule has 0 bridgehead atoms. The Kier molecular flexibility index (Phi) is 11.5. The molecule has 0 saturated carbocycles. The lowest BCUT2D eigenvalue weighted by molar-refractivity contribution is -0.140. The molecule has 242 valence electrons. The van der Waals surface area contributed by atoms with Gasteiger partial charge in [-0.25, -0.2) is 8.42 Å². The molecular weight excluding hydrogens is 622 g/mol. The maximum absolute atomic E-state index is 14.5. The summed E-state index contributed by atoms with van der Waals surface area (Å²) in [7, 11) is -2.79. The number of carbonyl (C=O) groups excluding carboxylic acids is 2. The highest BCUT2D eigenvalue weighted by Gasteiger charge is 2.35. The first-order valence-corrected chi connectivity index (χ1v) is 16.8. The van der Waals surface area contributed by atoms with Crippen molar-refractivity contribution in [3.63, 3.8) is 0 Å². The second-order valence-electron chi connectivity index (χ2n) is 11.5. The summed E-state index contributed by atoms with van der Waals surface area (Å²) >= 11 is 6.45. The Morgan fingerprint density at radius 2 is 1.46 bits per heavy atom. The zero-order valence-electron chi connectivity index (χ0n) is 26.7. The predicted molar refractivity (Wildman–Crippen MR) is 183 cm³/mol. The average molecular weight is 662 g/mol. The van der Waals surface area contributed by atoms with Gasteiger partial charge in [0, 0.05) is 19.0 Å². The van der Waals surface area contributed by atoms with Gasteiger partial charge >= 0.3 is 0 Å². The highest BCUT2D eigenvalue weighted by molar-refractivity contribution is 7.92. The molecule has 0 saturated heterocycles. The van der Waals surface area contributed by atoms with Crippen LogP contribution in [-0.4, -0.2) is 50.9 Å². The minimum Gasteiger partial charge on any atom is -0.495 e. The normalized spacial score (nSPS) is 12.0. The van der Waals surface area contributed by atoms with Crippen molar-refractivity contribution in [2.45, 2.75) is 57.6 Å². The molecule has 0 aromatic heterocycles. The van der Waals surface area contributed by atoms with Gasteiger partial charge in [-0.1, -0.05) is 89.5 Å². The number of ether oxygens (including phenoxy) is 1. The summed E-state index contributed by atoms with van der Waals surface area (Å²) in [5, 5.41) is 3.15. The fraction of sp³-hybridized carbons (Fsp3) is 0.278. The van der Waals surface area contributed by atoms with Crippen molar-refractivity contribution < 1.29 is 22.7 Å². The molecule has 0 spiro atoms. The molecule has 0 aliphatic carbocycles. The van der Waals surface area contributed by atoms with Crippen molar-refractivity contribution in [2.24, 2.45) is 0 Å². The lowest BCUT2D eigenvalue weighted by Gasteiger charge is -2.34. The number of rotatable bonds is 13. The van der Waals surface area contributed by atoms with Crippen LogP contribution in [0.5, 0.6) is 5.75 Å². The van der Waals surface area contributed by atoms with Gasteiger partial charge in [-0.15, -0.1) is 0 Å². The van der Waals surface area contributed by atoms with Crippen LogP contribution in [0.2, 0.25) is 5.02 Å². The standard InChI is InChI=1S/C36H40ClN3O5S/c1-25(2)38-36(42)33(21-28-9-7-6-8-10-28)39(23-29-15-11-26(3)12-16-29)35(41)24-40(30-17-20-34(45-5)32(37)22-30)46(43,44)31-18-13-27(4)14-19-31/h6-20,22,25,33H,21,23-24H2,1-5H3,(H,38,42)/t33-/m1/s1. The third kappa shape index (κ3) is 8.68. The van der Waals surface area contributed by atoms with E-state index in [9.17, 15) is 18.0 Å². The molecule has 4 aromatic carbocycles. The van der Waals surface area contributed by atoms with Crippen LogP contribution in [0.1, 0.15) is 36.1 Å². The number of anilines is 1. The summed E-state index contributed by atoms with van der Waals surface area (Å²) in [6, 6.07) is 27.0. The number of methoxy groups -OCH3 is 1. The summed E-state index contributed by atoms with van der Waals surface area (Å²) in [5.74, 6) is -0.526. The number of hydrogen-bond acceptors (Lipinski definition) is 5. The molecule has 8 nitrogen and oxygen atoms in total. The molecule has 2 amide bonds. The van der Waals surface area contributed by atoms with Gasteiger partial charge in [0.2, 0.25) is 11.8 Å². The highest BCUT2D eigenvalue weighted by Crippen LogP contribution is 2.32. The predicted octanol–water partition coefficient (Wildman–Crippen LogP) is 6.33. The van der Waals surface area contributed by atoms with Crippen molar-refractivity contribution in [1.82, 2.24) is 10.2 Å². The first kappa shape index (κ1) is 34.5. The Labute approximate surface area is 277 Å². The Hall–Kier alpha value is -4.34. The van der Waals surface area contributed by atoms with Gasteiger partial charge in [0.05, 0.1) is 22.7 Å². The molecule has 0 unspecified atom stereocenters. The maximum Gasteiger partial charge on any atom is 0.264 e. The number of amides is 2. The van der Waals surface area contributed by atoms with Crippen LogP contribution in [0.25, 0.3) is 0 Å². The molecule has 1 N–H and O–H groups in total. The molecular formula is C36H40ClN3O5S. The number of nitrogens with one attached hydrogen (secondary N) is 1. The molecule has 46 heavy (non-hydrogen) atoms. The van der Waals surface area contributed by atoms with Gasteiger partial charge in [0.15, 0.2) is 0 Å². The summed E-state index contributed by atoms with van der Waals surface area (Å²) < 4.78 is 34.7. The molecule has 0 aliphatic rings. The van der Waals surface area contributed by atoms with E-state index in [1.54, 1.807) is 24.3 Å². The van der Waals surface area contributed by atoms with Crippen LogP contribution in [-0.2, 0) is 32.6 Å². The minimum absolute atomic E-state index is 0.0151. The number of halogens is 1. The van der Waals surface area contributed by atoms with E-state index in [1.807, 2.05) is 82.3 Å². The smallest absolute Gasteiger partial charge is 0.264 e. The lowest BCUT2D eigenvalue weighted by Crippen LogP contribution is -2.54. The van der Waals surface area contributed by atoms with E-state index in [2.05, 4.69) is 5.32 Å². The number of aryl methyl sites for hydroxylation is 2. The zero-order valence-corrected chi connectivity index (χ0v) is 28.3. The van der Waals surface area contributed by atoms with Crippen molar-refractivity contribution in [2.75, 3.05) is 18.0 Å². The number of benzene rings is 4.